The van der Waals surface area contributed by atoms with E-state index in [-0.39, 0.29) is 5.02 Å². The predicted molar refractivity (Wildman–Crippen MR) is 51.2 cm³/mol. The first-order valence-corrected chi connectivity index (χ1v) is 4.18. The molecule has 1 rings (SSSR count). The lowest BCUT2D eigenvalue weighted by molar-refractivity contribution is 0.216. The Bertz CT molecular complexity index is 336. The van der Waals surface area contributed by atoms with Crippen LogP contribution in [0.1, 0.15) is 18.6 Å². The maximum Gasteiger partial charge on any atom is 0.142 e. The third kappa shape index (κ3) is 2.29. The molecule has 1 nitrogen and oxygen atoms in total. The molecule has 1 N–H and O–H groups in total. The molecule has 0 saturated carbocycles. The molecular formula is C10H10ClFO. The van der Waals surface area contributed by atoms with E-state index in [9.17, 15) is 9.50 Å². The molecule has 1 aromatic rings. The Morgan fingerprint density at radius 1 is 1.62 bits per heavy atom. The monoisotopic (exact) mass is 200 g/mol. The molecule has 1 atom stereocenters. The van der Waals surface area contributed by atoms with E-state index in [1.165, 1.54) is 12.1 Å². The molecule has 0 heterocycles. The van der Waals surface area contributed by atoms with Gasteiger partial charge in [0.25, 0.3) is 0 Å². The van der Waals surface area contributed by atoms with Crippen molar-refractivity contribution in [3.8, 4) is 0 Å². The number of benzene rings is 1. The minimum atomic E-state index is -0.827. The highest BCUT2D eigenvalue weighted by Crippen LogP contribution is 2.23. The Morgan fingerprint density at radius 2 is 2.23 bits per heavy atom. The van der Waals surface area contributed by atoms with Crippen molar-refractivity contribution in [2.45, 2.75) is 13.0 Å². The van der Waals surface area contributed by atoms with E-state index in [0.717, 1.165) is 0 Å². The van der Waals surface area contributed by atoms with Gasteiger partial charge in [-0.2, -0.15) is 0 Å². The summed E-state index contributed by atoms with van der Waals surface area (Å²) in [6.45, 7) is 5.26. The average Bonchev–Trinajstić information content (AvgIpc) is 2.08. The molecule has 1 unspecified atom stereocenters. The molecule has 0 aliphatic heterocycles. The minimum Gasteiger partial charge on any atom is -0.384 e. The summed E-state index contributed by atoms with van der Waals surface area (Å²) in [6, 6.07) is 4.20. The summed E-state index contributed by atoms with van der Waals surface area (Å²) >= 11 is 5.49. The summed E-state index contributed by atoms with van der Waals surface area (Å²) in [5.41, 5.74) is 1.04. The molecule has 0 saturated heterocycles. The molecule has 0 amide bonds. The molecule has 1 aromatic carbocycles. The highest BCUT2D eigenvalue weighted by atomic mass is 35.5. The molecule has 0 radical (unpaired) electrons. The minimum absolute atomic E-state index is 0.0534. The fourth-order valence-electron chi connectivity index (χ4n) is 0.967. The lowest BCUT2D eigenvalue weighted by Crippen LogP contribution is -1.98. The van der Waals surface area contributed by atoms with Crippen LogP contribution in [0.5, 0.6) is 0 Å². The standard InChI is InChI=1S/C10H10ClFO/c1-6(2)10(13)7-3-4-8(11)9(12)5-7/h3-5,10,13H,1H2,2H3. The van der Waals surface area contributed by atoms with Gasteiger partial charge in [0.15, 0.2) is 0 Å². The summed E-state index contributed by atoms with van der Waals surface area (Å²) in [7, 11) is 0. The second-order valence-electron chi connectivity index (χ2n) is 2.92. The Labute approximate surface area is 81.5 Å². The third-order valence-electron chi connectivity index (χ3n) is 1.73. The van der Waals surface area contributed by atoms with Crippen molar-refractivity contribution in [2.24, 2.45) is 0 Å². The first-order valence-electron chi connectivity index (χ1n) is 3.81. The van der Waals surface area contributed by atoms with Crippen LogP contribution in [0.25, 0.3) is 0 Å². The van der Waals surface area contributed by atoms with Crippen LogP contribution in [0, 0.1) is 5.82 Å². The van der Waals surface area contributed by atoms with Crippen LogP contribution in [0.15, 0.2) is 30.4 Å². The number of rotatable bonds is 2. The molecular weight excluding hydrogens is 191 g/mol. The highest BCUT2D eigenvalue weighted by Gasteiger charge is 2.09. The van der Waals surface area contributed by atoms with E-state index in [0.29, 0.717) is 11.1 Å². The van der Waals surface area contributed by atoms with Crippen LogP contribution >= 0.6 is 11.6 Å². The number of hydrogen-bond acceptors (Lipinski definition) is 1. The first-order chi connectivity index (χ1) is 6.02. The van der Waals surface area contributed by atoms with Crippen LogP contribution in [0.2, 0.25) is 5.02 Å². The Balaban J connectivity index is 3.03. The van der Waals surface area contributed by atoms with Crippen LogP contribution in [-0.4, -0.2) is 5.11 Å². The van der Waals surface area contributed by atoms with Crippen LogP contribution in [-0.2, 0) is 0 Å². The molecule has 0 aromatic heterocycles. The number of halogens is 2. The third-order valence-corrected chi connectivity index (χ3v) is 2.03. The van der Waals surface area contributed by atoms with Gasteiger partial charge >= 0.3 is 0 Å². The van der Waals surface area contributed by atoms with Gasteiger partial charge < -0.3 is 5.11 Å². The predicted octanol–water partition coefficient (Wildman–Crippen LogP) is 3.09. The Kier molecular flexibility index (Phi) is 3.07. The SMILES string of the molecule is C=C(C)C(O)c1ccc(Cl)c(F)c1. The van der Waals surface area contributed by atoms with Crippen molar-refractivity contribution in [1.29, 1.82) is 0 Å². The summed E-state index contributed by atoms with van der Waals surface area (Å²) in [4.78, 5) is 0. The summed E-state index contributed by atoms with van der Waals surface area (Å²) in [5, 5.41) is 9.56. The maximum absolute atomic E-state index is 12.9. The van der Waals surface area contributed by atoms with Gasteiger partial charge in [-0.15, -0.1) is 0 Å². The molecule has 0 aliphatic carbocycles. The quantitative estimate of drug-likeness (QED) is 0.728. The Hall–Kier alpha value is -0.860. The molecule has 0 aliphatic rings. The summed E-state index contributed by atoms with van der Waals surface area (Å²) in [6.07, 6.45) is -0.827. The van der Waals surface area contributed by atoms with Crippen molar-refractivity contribution in [3.63, 3.8) is 0 Å². The molecule has 0 fully saturated rings. The second kappa shape index (κ2) is 3.90. The van der Waals surface area contributed by atoms with Crippen molar-refractivity contribution in [2.75, 3.05) is 0 Å². The molecule has 13 heavy (non-hydrogen) atoms. The van der Waals surface area contributed by atoms with Crippen molar-refractivity contribution >= 4 is 11.6 Å². The molecule has 3 heteroatoms. The topological polar surface area (TPSA) is 20.2 Å². The average molecular weight is 201 g/mol. The number of aliphatic hydroxyl groups excluding tert-OH is 1. The van der Waals surface area contributed by atoms with E-state index in [2.05, 4.69) is 6.58 Å². The van der Waals surface area contributed by atoms with Gasteiger partial charge in [-0.25, -0.2) is 4.39 Å². The van der Waals surface area contributed by atoms with Gasteiger partial charge in [0.1, 0.15) is 5.82 Å². The smallest absolute Gasteiger partial charge is 0.142 e. The van der Waals surface area contributed by atoms with Crippen molar-refractivity contribution < 1.29 is 9.50 Å². The van der Waals surface area contributed by atoms with Gasteiger partial charge in [-0.05, 0) is 30.2 Å². The van der Waals surface area contributed by atoms with Gasteiger partial charge in [-0.1, -0.05) is 24.2 Å². The highest BCUT2D eigenvalue weighted by molar-refractivity contribution is 6.30. The zero-order valence-electron chi connectivity index (χ0n) is 7.22. The summed E-state index contributed by atoms with van der Waals surface area (Å²) < 4.78 is 12.9. The van der Waals surface area contributed by atoms with Gasteiger partial charge in [0.2, 0.25) is 0 Å². The molecule has 0 bridgehead atoms. The zero-order valence-corrected chi connectivity index (χ0v) is 7.98. The van der Waals surface area contributed by atoms with Gasteiger partial charge in [0, 0.05) is 0 Å². The maximum atomic E-state index is 12.9. The van der Waals surface area contributed by atoms with E-state index < -0.39 is 11.9 Å². The van der Waals surface area contributed by atoms with Gasteiger partial charge in [-0.3, -0.25) is 0 Å². The summed E-state index contributed by atoms with van der Waals surface area (Å²) in [5.74, 6) is -0.528. The van der Waals surface area contributed by atoms with E-state index >= 15 is 0 Å². The first kappa shape index (κ1) is 10.2. The van der Waals surface area contributed by atoms with Crippen molar-refractivity contribution in [1.82, 2.24) is 0 Å². The fraction of sp³-hybridized carbons (Fsp3) is 0.200. The lowest BCUT2D eigenvalue weighted by Gasteiger charge is -2.10. The zero-order chi connectivity index (χ0) is 10.0. The van der Waals surface area contributed by atoms with Crippen LogP contribution < -0.4 is 0 Å². The largest absolute Gasteiger partial charge is 0.384 e. The van der Waals surface area contributed by atoms with Crippen molar-refractivity contribution in [3.05, 3.63) is 46.8 Å². The van der Waals surface area contributed by atoms with E-state index in [4.69, 9.17) is 11.6 Å². The lowest BCUT2D eigenvalue weighted by atomic mass is 10.0. The fourth-order valence-corrected chi connectivity index (χ4v) is 1.08. The Morgan fingerprint density at radius 3 is 2.69 bits per heavy atom. The van der Waals surface area contributed by atoms with E-state index in [1.54, 1.807) is 13.0 Å². The normalized spacial score (nSPS) is 12.6. The second-order valence-corrected chi connectivity index (χ2v) is 3.33. The molecule has 70 valence electrons. The number of hydrogen-bond donors (Lipinski definition) is 1. The van der Waals surface area contributed by atoms with Crippen LogP contribution in [0.4, 0.5) is 4.39 Å². The van der Waals surface area contributed by atoms with Crippen LogP contribution in [0.3, 0.4) is 0 Å². The van der Waals surface area contributed by atoms with Gasteiger partial charge in [0.05, 0.1) is 11.1 Å². The van der Waals surface area contributed by atoms with E-state index in [1.807, 2.05) is 0 Å². The molecule has 0 spiro atoms. The number of aliphatic hydroxyl groups is 1.